The van der Waals surface area contributed by atoms with E-state index in [9.17, 15) is 27.5 Å². The van der Waals surface area contributed by atoms with Crippen molar-refractivity contribution in [3.05, 3.63) is 60.2 Å². The molecule has 0 saturated heterocycles. The summed E-state index contributed by atoms with van der Waals surface area (Å²) in [6.45, 7) is -1.44. The van der Waals surface area contributed by atoms with Gasteiger partial charge in [-0.2, -0.15) is 24.9 Å². The molecule has 0 fully saturated rings. The third-order valence-electron chi connectivity index (χ3n) is 3.44. The highest BCUT2D eigenvalue weighted by Crippen LogP contribution is 2.26. The minimum atomic E-state index is -4.60. The number of aromatic nitrogens is 1. The van der Waals surface area contributed by atoms with Gasteiger partial charge in [-0.15, -0.1) is 0 Å². The second-order valence-corrected chi connectivity index (χ2v) is 6.48. The normalized spacial score (nSPS) is 12.6. The van der Waals surface area contributed by atoms with Gasteiger partial charge in [0.05, 0.1) is 0 Å². The topological polar surface area (TPSA) is 53.4 Å². The van der Waals surface area contributed by atoms with Crippen LogP contribution in [0.5, 0.6) is 0 Å². The van der Waals surface area contributed by atoms with Crippen LogP contribution in [0.1, 0.15) is 5.56 Å². The van der Waals surface area contributed by atoms with E-state index in [0.717, 1.165) is 34.7 Å². The Kier molecular flexibility index (Phi) is 6.84. The Morgan fingerprint density at radius 1 is 1.23 bits per heavy atom. The number of hydrogen-bond donors (Lipinski definition) is 1. The first-order chi connectivity index (χ1) is 12.3. The van der Waals surface area contributed by atoms with Gasteiger partial charge in [-0.1, -0.05) is 6.07 Å². The van der Waals surface area contributed by atoms with Crippen molar-refractivity contribution in [2.24, 2.45) is 0 Å². The Hall–Kier alpha value is -2.29. The van der Waals surface area contributed by atoms with Crippen LogP contribution in [-0.4, -0.2) is 40.6 Å². The molecule has 1 N–H and O–H groups in total. The first kappa shape index (κ1) is 20.0. The summed E-state index contributed by atoms with van der Waals surface area (Å²) in [5.41, 5.74) is 0.837. The summed E-state index contributed by atoms with van der Waals surface area (Å²) in [5, 5.41) is 9.44. The zero-order chi connectivity index (χ0) is 19.2. The maximum absolute atomic E-state index is 13.1. The van der Waals surface area contributed by atoms with Crippen LogP contribution in [0, 0.1) is 5.82 Å². The summed E-state index contributed by atoms with van der Waals surface area (Å²) in [7, 11) is 0. The predicted octanol–water partition coefficient (Wildman–Crippen LogP) is 3.98. The summed E-state index contributed by atoms with van der Waals surface area (Å²) in [4.78, 5) is 16.3. The van der Waals surface area contributed by atoms with Gasteiger partial charge in [0.15, 0.2) is 0 Å². The fourth-order valence-corrected chi connectivity index (χ4v) is 3.34. The van der Waals surface area contributed by atoms with Gasteiger partial charge in [0, 0.05) is 29.6 Å². The molecule has 0 unspecified atom stereocenters. The Labute approximate surface area is 151 Å². The summed E-state index contributed by atoms with van der Waals surface area (Å²) in [6, 6.07) is 6.39. The number of alkyl halides is 3. The van der Waals surface area contributed by atoms with Crippen LogP contribution in [0.2, 0.25) is 0 Å². The van der Waals surface area contributed by atoms with Gasteiger partial charge in [0.1, 0.15) is 18.4 Å². The molecule has 9 heteroatoms. The smallest absolute Gasteiger partial charge is 0.405 e. The minimum absolute atomic E-state index is 0.00176. The van der Waals surface area contributed by atoms with Crippen LogP contribution >= 0.6 is 11.8 Å². The fourth-order valence-electron chi connectivity index (χ4n) is 2.27. The molecule has 0 bridgehead atoms. The summed E-state index contributed by atoms with van der Waals surface area (Å²) in [5.74, 6) is -1.64. The van der Waals surface area contributed by atoms with Gasteiger partial charge in [0.25, 0.3) is 0 Å². The minimum Gasteiger partial charge on any atom is -0.480 e. The van der Waals surface area contributed by atoms with E-state index in [1.54, 1.807) is 24.5 Å². The highest BCUT2D eigenvalue weighted by molar-refractivity contribution is 7.98. The summed E-state index contributed by atoms with van der Waals surface area (Å²) < 4.78 is 51.9. The number of rotatable bonds is 8. The highest BCUT2D eigenvalue weighted by Gasteiger charge is 2.36. The lowest BCUT2D eigenvalue weighted by atomic mass is 10.2. The Balaban J connectivity index is 2.16. The number of anilines is 1. The van der Waals surface area contributed by atoms with Gasteiger partial charge in [-0.05, 0) is 35.9 Å². The van der Waals surface area contributed by atoms with Gasteiger partial charge < -0.3 is 10.0 Å². The molecule has 0 saturated carbocycles. The first-order valence-electron chi connectivity index (χ1n) is 7.54. The second-order valence-electron chi connectivity index (χ2n) is 5.45. The highest BCUT2D eigenvalue weighted by atomic mass is 32.2. The number of hydrogen-bond acceptors (Lipinski definition) is 4. The number of benzene rings is 1. The maximum atomic E-state index is 13.1. The molecule has 0 aliphatic heterocycles. The largest absolute Gasteiger partial charge is 0.480 e. The zero-order valence-electron chi connectivity index (χ0n) is 13.5. The van der Waals surface area contributed by atoms with Crippen LogP contribution < -0.4 is 4.90 Å². The number of halogens is 4. The molecule has 1 aromatic heterocycles. The predicted molar refractivity (Wildman–Crippen MR) is 91.6 cm³/mol. The van der Waals surface area contributed by atoms with Crippen LogP contribution in [0.15, 0.2) is 48.8 Å². The molecule has 2 rings (SSSR count). The number of aliphatic carboxylic acids is 1. The fraction of sp³-hybridized carbons (Fsp3) is 0.294. The molecule has 140 valence electrons. The van der Waals surface area contributed by atoms with E-state index < -0.39 is 30.5 Å². The van der Waals surface area contributed by atoms with E-state index in [4.69, 9.17) is 0 Å². The molecule has 0 spiro atoms. The van der Waals surface area contributed by atoms with E-state index in [0.29, 0.717) is 5.75 Å². The molecule has 4 nitrogen and oxygen atoms in total. The van der Waals surface area contributed by atoms with Crippen molar-refractivity contribution >= 4 is 23.4 Å². The Morgan fingerprint density at radius 2 is 1.92 bits per heavy atom. The molecular weight excluding hydrogens is 372 g/mol. The number of nitrogens with zero attached hydrogens (tertiary/aromatic N) is 2. The molecular formula is C17H16F4N2O2S. The van der Waals surface area contributed by atoms with E-state index >= 15 is 0 Å². The van der Waals surface area contributed by atoms with E-state index in [1.165, 1.54) is 11.8 Å². The molecule has 2 aromatic rings. The van der Waals surface area contributed by atoms with Crippen LogP contribution in [0.25, 0.3) is 0 Å². The standard InChI is InChI=1S/C17H16F4N2O2S/c18-13-3-5-14(6-4-13)23(11-17(19,20)21)15(16(24)25)10-26-9-12-2-1-7-22-8-12/h1-8,15H,9-11H2,(H,24,25)/t15-/m0/s1. The quantitative estimate of drug-likeness (QED) is 0.694. The molecule has 1 heterocycles. The summed E-state index contributed by atoms with van der Waals surface area (Å²) in [6.07, 6.45) is -1.40. The maximum Gasteiger partial charge on any atom is 0.405 e. The lowest BCUT2D eigenvalue weighted by Gasteiger charge is -2.31. The Morgan fingerprint density at radius 3 is 2.46 bits per heavy atom. The van der Waals surface area contributed by atoms with Gasteiger partial charge in [-0.25, -0.2) is 9.18 Å². The van der Waals surface area contributed by atoms with E-state index in [-0.39, 0.29) is 11.4 Å². The summed E-state index contributed by atoms with van der Waals surface area (Å²) >= 11 is 1.19. The van der Waals surface area contributed by atoms with E-state index in [1.807, 2.05) is 0 Å². The van der Waals surface area contributed by atoms with Crippen molar-refractivity contribution in [2.45, 2.75) is 18.0 Å². The number of thioether (sulfide) groups is 1. The zero-order valence-corrected chi connectivity index (χ0v) is 14.3. The SMILES string of the molecule is O=C(O)[C@H](CSCc1cccnc1)N(CC(F)(F)F)c1ccc(F)cc1. The van der Waals surface area contributed by atoms with Crippen molar-refractivity contribution in [3.63, 3.8) is 0 Å². The Bertz CT molecular complexity index is 711. The third kappa shape index (κ3) is 6.21. The van der Waals surface area contributed by atoms with Crippen molar-refractivity contribution < 1.29 is 27.5 Å². The molecule has 0 amide bonds. The average molecular weight is 388 g/mol. The lowest BCUT2D eigenvalue weighted by molar-refractivity contribution is -0.140. The molecule has 1 atom stereocenters. The van der Waals surface area contributed by atoms with Crippen molar-refractivity contribution in [2.75, 3.05) is 17.2 Å². The molecule has 0 aliphatic rings. The van der Waals surface area contributed by atoms with Crippen LogP contribution in [0.4, 0.5) is 23.2 Å². The van der Waals surface area contributed by atoms with E-state index in [2.05, 4.69) is 4.98 Å². The second kappa shape index (κ2) is 8.88. The number of pyridine rings is 1. The van der Waals surface area contributed by atoms with Crippen molar-refractivity contribution in [3.8, 4) is 0 Å². The average Bonchev–Trinajstić information content (AvgIpc) is 2.57. The van der Waals surface area contributed by atoms with Gasteiger partial charge >= 0.3 is 12.1 Å². The third-order valence-corrected chi connectivity index (χ3v) is 4.53. The number of carboxylic acids is 1. The lowest BCUT2D eigenvalue weighted by Crippen LogP contribution is -2.47. The molecule has 26 heavy (non-hydrogen) atoms. The number of carboxylic acid groups (broad SMARTS) is 1. The number of carbonyl (C=O) groups is 1. The monoisotopic (exact) mass is 388 g/mol. The van der Waals surface area contributed by atoms with Crippen molar-refractivity contribution in [1.82, 2.24) is 4.98 Å². The molecule has 0 aliphatic carbocycles. The molecule has 0 radical (unpaired) electrons. The van der Waals surface area contributed by atoms with Gasteiger partial charge in [0.2, 0.25) is 0 Å². The van der Waals surface area contributed by atoms with Gasteiger partial charge in [-0.3, -0.25) is 4.98 Å². The molecule has 1 aromatic carbocycles. The van der Waals surface area contributed by atoms with Crippen LogP contribution in [-0.2, 0) is 10.5 Å². The van der Waals surface area contributed by atoms with Crippen molar-refractivity contribution in [1.29, 1.82) is 0 Å². The van der Waals surface area contributed by atoms with Crippen LogP contribution in [0.3, 0.4) is 0 Å². The first-order valence-corrected chi connectivity index (χ1v) is 8.70.